The van der Waals surface area contributed by atoms with Crippen LogP contribution in [0.15, 0.2) is 99.0 Å². The Labute approximate surface area is 231 Å². The number of amides is 1. The fourth-order valence-electron chi connectivity index (χ4n) is 4.51. The highest BCUT2D eigenvalue weighted by Crippen LogP contribution is 2.33. The Balaban J connectivity index is 1.41. The second-order valence-electron chi connectivity index (χ2n) is 9.99. The van der Waals surface area contributed by atoms with E-state index in [1.807, 2.05) is 24.3 Å². The molecule has 8 nitrogen and oxygen atoms in total. The predicted octanol–water partition coefficient (Wildman–Crippen LogP) is 6.29. The molecule has 9 heteroatoms. The van der Waals surface area contributed by atoms with Crippen LogP contribution in [0.3, 0.4) is 0 Å². The predicted molar refractivity (Wildman–Crippen MR) is 156 cm³/mol. The van der Waals surface area contributed by atoms with E-state index in [1.165, 1.54) is 24.3 Å². The first kappa shape index (κ1) is 27.0. The molecule has 5 rings (SSSR count). The lowest BCUT2D eigenvalue weighted by Crippen LogP contribution is -2.18. The molecule has 0 aliphatic heterocycles. The zero-order chi connectivity index (χ0) is 28.4. The molecule has 1 amide bonds. The number of sulfonamides is 1. The monoisotopic (exact) mass is 556 g/mol. The van der Waals surface area contributed by atoms with Crippen molar-refractivity contribution in [2.24, 2.45) is 5.92 Å². The van der Waals surface area contributed by atoms with Gasteiger partial charge in [-0.25, -0.2) is 13.2 Å². The van der Waals surface area contributed by atoms with Crippen molar-refractivity contribution in [3.63, 3.8) is 0 Å². The van der Waals surface area contributed by atoms with Gasteiger partial charge in [0.15, 0.2) is 11.4 Å². The fourth-order valence-corrected chi connectivity index (χ4v) is 5.79. The highest BCUT2D eigenvalue weighted by molar-refractivity contribution is 7.93. The van der Waals surface area contributed by atoms with Crippen LogP contribution in [0, 0.1) is 5.92 Å². The topological polar surface area (TPSA) is 126 Å². The number of carbonyl (C=O) groups excluding carboxylic acids is 1. The second-order valence-corrected chi connectivity index (χ2v) is 11.6. The second kappa shape index (κ2) is 10.9. The summed E-state index contributed by atoms with van der Waals surface area (Å²) in [5, 5.41) is 14.8. The molecule has 0 atom stereocenters. The standard InChI is InChI=1S/C31H28N2O6S/c1-19(2)13-14-20-7-5-10-22(17-20)30(35)32-28-29(34)25-16-15-23(18-26(25)39-31(28)36)33-40(37,38)27-12-6-9-21-8-3-4-11-24(21)27/h3-12,15-19,33-34H,13-14H2,1-2H3,(H,32,35). The minimum atomic E-state index is -3.99. The summed E-state index contributed by atoms with van der Waals surface area (Å²) in [6.07, 6.45) is 1.79. The Morgan fingerprint density at radius 1 is 0.925 bits per heavy atom. The SMILES string of the molecule is CC(C)CCc1cccc(C(=O)Nc2c(O)c3ccc(NS(=O)(=O)c4cccc5ccccc45)cc3oc2=O)c1. The third-order valence-corrected chi connectivity index (χ3v) is 8.05. The maximum absolute atomic E-state index is 13.2. The molecule has 0 saturated carbocycles. The smallest absolute Gasteiger partial charge is 0.364 e. The first-order chi connectivity index (χ1) is 19.1. The summed E-state index contributed by atoms with van der Waals surface area (Å²) >= 11 is 0. The maximum atomic E-state index is 13.2. The lowest BCUT2D eigenvalue weighted by atomic mass is 10.0. The first-order valence-electron chi connectivity index (χ1n) is 12.8. The van der Waals surface area contributed by atoms with Gasteiger partial charge >= 0.3 is 5.63 Å². The average Bonchev–Trinajstić information content (AvgIpc) is 2.93. The lowest BCUT2D eigenvalue weighted by Gasteiger charge is -2.12. The molecule has 1 aromatic heterocycles. The quantitative estimate of drug-likeness (QED) is 0.193. The summed E-state index contributed by atoms with van der Waals surface area (Å²) in [5.74, 6) is -0.516. The largest absolute Gasteiger partial charge is 0.505 e. The van der Waals surface area contributed by atoms with Gasteiger partial charge in [0, 0.05) is 17.0 Å². The van der Waals surface area contributed by atoms with Gasteiger partial charge < -0.3 is 14.8 Å². The van der Waals surface area contributed by atoms with E-state index < -0.39 is 33.0 Å². The molecule has 0 spiro atoms. The molecule has 204 valence electrons. The van der Waals surface area contributed by atoms with Gasteiger partial charge in [-0.05, 0) is 60.0 Å². The zero-order valence-electron chi connectivity index (χ0n) is 22.0. The van der Waals surface area contributed by atoms with E-state index in [2.05, 4.69) is 23.9 Å². The van der Waals surface area contributed by atoms with Gasteiger partial charge in [0.25, 0.3) is 15.9 Å². The molecule has 4 aromatic carbocycles. The van der Waals surface area contributed by atoms with Crippen LogP contribution in [0.25, 0.3) is 21.7 Å². The van der Waals surface area contributed by atoms with E-state index in [0.717, 1.165) is 23.8 Å². The number of hydrogen-bond acceptors (Lipinski definition) is 6. The highest BCUT2D eigenvalue weighted by atomic mass is 32.2. The van der Waals surface area contributed by atoms with Crippen molar-refractivity contribution in [2.45, 2.75) is 31.6 Å². The minimum absolute atomic E-state index is 0.0469. The van der Waals surface area contributed by atoms with Crippen LogP contribution in [-0.2, 0) is 16.4 Å². The van der Waals surface area contributed by atoms with E-state index in [4.69, 9.17) is 4.42 Å². The Bertz CT molecular complexity index is 1910. The molecule has 0 aliphatic carbocycles. The summed E-state index contributed by atoms with van der Waals surface area (Å²) < 4.78 is 34.3. The summed E-state index contributed by atoms with van der Waals surface area (Å²) in [6, 6.07) is 23.4. The van der Waals surface area contributed by atoms with E-state index >= 15 is 0 Å². The van der Waals surface area contributed by atoms with Crippen molar-refractivity contribution >= 4 is 49.0 Å². The van der Waals surface area contributed by atoms with Gasteiger partial charge in [-0.2, -0.15) is 0 Å². The van der Waals surface area contributed by atoms with Crippen LogP contribution in [0.5, 0.6) is 5.75 Å². The minimum Gasteiger partial charge on any atom is -0.505 e. The van der Waals surface area contributed by atoms with E-state index in [-0.39, 0.29) is 21.6 Å². The Morgan fingerprint density at radius 2 is 1.68 bits per heavy atom. The van der Waals surface area contributed by atoms with Gasteiger partial charge in [0.2, 0.25) is 0 Å². The fraction of sp³-hybridized carbons (Fsp3) is 0.161. The van der Waals surface area contributed by atoms with Crippen LogP contribution >= 0.6 is 0 Å². The number of benzene rings is 4. The van der Waals surface area contributed by atoms with Gasteiger partial charge in [-0.3, -0.25) is 9.52 Å². The molecular weight excluding hydrogens is 528 g/mol. The van der Waals surface area contributed by atoms with Gasteiger partial charge in [-0.1, -0.05) is 62.4 Å². The molecule has 0 unspecified atom stereocenters. The maximum Gasteiger partial charge on any atom is 0.364 e. The number of hydrogen-bond donors (Lipinski definition) is 3. The Hall–Kier alpha value is -4.63. The average molecular weight is 557 g/mol. The van der Waals surface area contributed by atoms with Gasteiger partial charge in [0.05, 0.1) is 16.0 Å². The third kappa shape index (κ3) is 5.55. The summed E-state index contributed by atoms with van der Waals surface area (Å²) in [6.45, 7) is 4.25. The summed E-state index contributed by atoms with van der Waals surface area (Å²) in [4.78, 5) is 25.8. The van der Waals surface area contributed by atoms with Gasteiger partial charge in [0.1, 0.15) is 5.58 Å². The molecule has 0 fully saturated rings. The number of rotatable bonds is 8. The van der Waals surface area contributed by atoms with E-state index in [0.29, 0.717) is 16.9 Å². The van der Waals surface area contributed by atoms with Crippen molar-refractivity contribution in [3.8, 4) is 5.75 Å². The van der Waals surface area contributed by atoms with Crippen LogP contribution in [0.4, 0.5) is 11.4 Å². The molecular formula is C31H28N2O6S. The van der Waals surface area contributed by atoms with Crippen LogP contribution in [-0.4, -0.2) is 19.4 Å². The number of carbonyl (C=O) groups is 1. The first-order valence-corrected chi connectivity index (χ1v) is 14.3. The summed E-state index contributed by atoms with van der Waals surface area (Å²) in [7, 11) is -3.99. The summed E-state index contributed by atoms with van der Waals surface area (Å²) in [5.41, 5.74) is 0.0674. The van der Waals surface area contributed by atoms with Crippen molar-refractivity contribution in [1.29, 1.82) is 0 Å². The number of aryl methyl sites for hydroxylation is 1. The highest BCUT2D eigenvalue weighted by Gasteiger charge is 2.21. The molecule has 0 radical (unpaired) electrons. The van der Waals surface area contributed by atoms with Crippen molar-refractivity contribution < 1.29 is 22.7 Å². The molecule has 1 heterocycles. The van der Waals surface area contributed by atoms with E-state index in [9.17, 15) is 23.1 Å². The Morgan fingerprint density at radius 3 is 2.48 bits per heavy atom. The van der Waals surface area contributed by atoms with Crippen molar-refractivity contribution in [2.75, 3.05) is 10.0 Å². The molecule has 0 bridgehead atoms. The van der Waals surface area contributed by atoms with Crippen LogP contribution < -0.4 is 15.7 Å². The van der Waals surface area contributed by atoms with Crippen molar-refractivity contribution in [3.05, 3.63) is 106 Å². The third-order valence-electron chi connectivity index (χ3n) is 6.61. The lowest BCUT2D eigenvalue weighted by molar-refractivity contribution is 0.102. The van der Waals surface area contributed by atoms with Crippen LogP contribution in [0.1, 0.15) is 36.2 Å². The normalized spacial score (nSPS) is 11.7. The van der Waals surface area contributed by atoms with Crippen LogP contribution in [0.2, 0.25) is 0 Å². The Kier molecular flexibility index (Phi) is 7.32. The van der Waals surface area contributed by atoms with E-state index in [1.54, 1.807) is 36.4 Å². The zero-order valence-corrected chi connectivity index (χ0v) is 22.8. The number of anilines is 2. The molecule has 0 aliphatic rings. The number of nitrogens with one attached hydrogen (secondary N) is 2. The van der Waals surface area contributed by atoms with Crippen molar-refractivity contribution in [1.82, 2.24) is 0 Å². The molecule has 40 heavy (non-hydrogen) atoms. The number of fused-ring (bicyclic) bond motifs is 2. The molecule has 3 N–H and O–H groups in total. The van der Waals surface area contributed by atoms with Gasteiger partial charge in [-0.15, -0.1) is 0 Å². The molecule has 0 saturated heterocycles. The molecule has 5 aromatic rings. The number of aromatic hydroxyl groups is 1.